The summed E-state index contributed by atoms with van der Waals surface area (Å²) in [4.78, 5) is 4.32. The minimum absolute atomic E-state index is 0.522. The number of rotatable bonds is 2. The van der Waals surface area contributed by atoms with E-state index in [0.29, 0.717) is 6.54 Å². The van der Waals surface area contributed by atoms with E-state index in [4.69, 9.17) is 5.73 Å². The summed E-state index contributed by atoms with van der Waals surface area (Å²) in [5, 5.41) is 4.47. The van der Waals surface area contributed by atoms with Gasteiger partial charge in [-0.05, 0) is 44.0 Å². The molecule has 0 spiro atoms. The monoisotopic (exact) mass is 216 g/mol. The maximum Gasteiger partial charge on any atom is 0.153 e. The molecule has 0 aliphatic rings. The van der Waals surface area contributed by atoms with Crippen LogP contribution in [0.25, 0.3) is 5.82 Å². The van der Waals surface area contributed by atoms with Gasteiger partial charge in [-0.1, -0.05) is 0 Å². The molecule has 84 valence electrons. The highest BCUT2D eigenvalue weighted by Crippen LogP contribution is 2.15. The number of aryl methyl sites for hydroxylation is 1. The average Bonchev–Trinajstić information content (AvgIpc) is 2.57. The summed E-state index contributed by atoms with van der Waals surface area (Å²) in [6.07, 6.45) is 1.77. The summed E-state index contributed by atoms with van der Waals surface area (Å²) >= 11 is 0. The van der Waals surface area contributed by atoms with Crippen molar-refractivity contribution in [2.75, 3.05) is 0 Å². The van der Waals surface area contributed by atoms with Crippen LogP contribution in [0.3, 0.4) is 0 Å². The van der Waals surface area contributed by atoms with E-state index in [9.17, 15) is 0 Å². The number of pyridine rings is 1. The van der Waals surface area contributed by atoms with Crippen LogP contribution in [0.5, 0.6) is 0 Å². The molecule has 0 saturated heterocycles. The molecule has 16 heavy (non-hydrogen) atoms. The highest BCUT2D eigenvalue weighted by Gasteiger charge is 2.09. The van der Waals surface area contributed by atoms with Crippen molar-refractivity contribution in [1.82, 2.24) is 14.8 Å². The van der Waals surface area contributed by atoms with Crippen molar-refractivity contribution in [3.8, 4) is 5.82 Å². The summed E-state index contributed by atoms with van der Waals surface area (Å²) in [5.41, 5.74) is 10.0. The zero-order chi connectivity index (χ0) is 11.7. The minimum Gasteiger partial charge on any atom is -0.326 e. The van der Waals surface area contributed by atoms with Gasteiger partial charge in [0, 0.05) is 18.4 Å². The highest BCUT2D eigenvalue weighted by atomic mass is 15.3. The molecule has 2 heterocycles. The molecule has 4 nitrogen and oxygen atoms in total. The van der Waals surface area contributed by atoms with E-state index in [2.05, 4.69) is 17.0 Å². The fraction of sp³-hybridized carbons (Fsp3) is 0.333. The van der Waals surface area contributed by atoms with Gasteiger partial charge in [-0.25, -0.2) is 9.67 Å². The van der Waals surface area contributed by atoms with E-state index in [1.54, 1.807) is 6.20 Å². The van der Waals surface area contributed by atoms with Gasteiger partial charge in [-0.2, -0.15) is 5.10 Å². The zero-order valence-electron chi connectivity index (χ0n) is 9.86. The first-order valence-corrected chi connectivity index (χ1v) is 5.31. The lowest BCUT2D eigenvalue weighted by molar-refractivity contribution is 0.802. The predicted octanol–water partition coefficient (Wildman–Crippen LogP) is 1.65. The van der Waals surface area contributed by atoms with Gasteiger partial charge in [0.15, 0.2) is 5.82 Å². The quantitative estimate of drug-likeness (QED) is 0.830. The van der Waals surface area contributed by atoms with Crippen LogP contribution < -0.4 is 5.73 Å². The Morgan fingerprint density at radius 3 is 2.62 bits per heavy atom. The Kier molecular flexibility index (Phi) is 2.75. The van der Waals surface area contributed by atoms with Crippen LogP contribution in [0.15, 0.2) is 18.3 Å². The third-order valence-corrected chi connectivity index (χ3v) is 2.92. The van der Waals surface area contributed by atoms with Crippen molar-refractivity contribution >= 4 is 0 Å². The molecule has 0 saturated carbocycles. The number of hydrogen-bond donors (Lipinski definition) is 1. The summed E-state index contributed by atoms with van der Waals surface area (Å²) in [5.74, 6) is 0.830. The summed E-state index contributed by atoms with van der Waals surface area (Å²) in [6, 6.07) is 3.89. The van der Waals surface area contributed by atoms with Crippen molar-refractivity contribution in [2.24, 2.45) is 5.73 Å². The van der Waals surface area contributed by atoms with Gasteiger partial charge in [0.25, 0.3) is 0 Å². The predicted molar refractivity (Wildman–Crippen MR) is 63.5 cm³/mol. The maximum absolute atomic E-state index is 5.61. The lowest BCUT2D eigenvalue weighted by Crippen LogP contribution is -2.04. The SMILES string of the molecule is Cc1nn(-c2cc(CN)ccn2)c(C)c1C. The molecule has 2 N–H and O–H groups in total. The normalized spacial score (nSPS) is 10.8. The molecule has 0 aromatic carbocycles. The molecule has 0 fully saturated rings. The molecule has 2 rings (SSSR count). The van der Waals surface area contributed by atoms with E-state index >= 15 is 0 Å². The van der Waals surface area contributed by atoms with Crippen molar-refractivity contribution in [3.05, 3.63) is 40.8 Å². The lowest BCUT2D eigenvalue weighted by Gasteiger charge is -2.05. The second-order valence-corrected chi connectivity index (χ2v) is 3.93. The van der Waals surface area contributed by atoms with Crippen LogP contribution in [0.1, 0.15) is 22.5 Å². The van der Waals surface area contributed by atoms with Gasteiger partial charge < -0.3 is 5.73 Å². The Labute approximate surface area is 95.1 Å². The number of nitrogens with zero attached hydrogens (tertiary/aromatic N) is 3. The smallest absolute Gasteiger partial charge is 0.153 e. The molecular weight excluding hydrogens is 200 g/mol. The largest absolute Gasteiger partial charge is 0.326 e. The van der Waals surface area contributed by atoms with Crippen molar-refractivity contribution in [3.63, 3.8) is 0 Å². The van der Waals surface area contributed by atoms with E-state index in [1.807, 2.05) is 30.7 Å². The molecule has 2 aromatic heterocycles. The Balaban J connectivity index is 2.54. The second kappa shape index (κ2) is 4.06. The van der Waals surface area contributed by atoms with Crippen LogP contribution in [-0.4, -0.2) is 14.8 Å². The Morgan fingerprint density at radius 1 is 1.31 bits per heavy atom. The fourth-order valence-corrected chi connectivity index (χ4v) is 1.65. The topological polar surface area (TPSA) is 56.7 Å². The van der Waals surface area contributed by atoms with Gasteiger partial charge in [0.05, 0.1) is 5.69 Å². The van der Waals surface area contributed by atoms with Crippen molar-refractivity contribution in [2.45, 2.75) is 27.3 Å². The van der Waals surface area contributed by atoms with E-state index in [-0.39, 0.29) is 0 Å². The summed E-state index contributed by atoms with van der Waals surface area (Å²) in [7, 11) is 0. The van der Waals surface area contributed by atoms with Crippen LogP contribution in [-0.2, 0) is 6.54 Å². The third-order valence-electron chi connectivity index (χ3n) is 2.92. The van der Waals surface area contributed by atoms with E-state index in [1.165, 1.54) is 5.56 Å². The molecule has 0 amide bonds. The molecular formula is C12H16N4. The molecule has 0 radical (unpaired) electrons. The molecule has 0 unspecified atom stereocenters. The third kappa shape index (κ3) is 1.72. The van der Waals surface area contributed by atoms with Gasteiger partial charge >= 0.3 is 0 Å². The fourth-order valence-electron chi connectivity index (χ4n) is 1.65. The first-order chi connectivity index (χ1) is 7.63. The summed E-state index contributed by atoms with van der Waals surface area (Å²) < 4.78 is 1.86. The minimum atomic E-state index is 0.522. The van der Waals surface area contributed by atoms with E-state index < -0.39 is 0 Å². The molecule has 0 bridgehead atoms. The molecule has 0 atom stereocenters. The van der Waals surface area contributed by atoms with Crippen LogP contribution in [0.4, 0.5) is 0 Å². The maximum atomic E-state index is 5.61. The lowest BCUT2D eigenvalue weighted by atomic mass is 10.2. The number of nitrogens with two attached hydrogens (primary N) is 1. The summed E-state index contributed by atoms with van der Waals surface area (Å²) in [6.45, 7) is 6.65. The van der Waals surface area contributed by atoms with E-state index in [0.717, 1.165) is 22.8 Å². The Hall–Kier alpha value is -1.68. The van der Waals surface area contributed by atoms with Crippen LogP contribution >= 0.6 is 0 Å². The first-order valence-electron chi connectivity index (χ1n) is 5.31. The number of aromatic nitrogens is 3. The van der Waals surface area contributed by atoms with Crippen molar-refractivity contribution < 1.29 is 0 Å². The molecule has 0 aliphatic heterocycles. The van der Waals surface area contributed by atoms with Gasteiger partial charge in [-0.15, -0.1) is 0 Å². The van der Waals surface area contributed by atoms with Crippen LogP contribution in [0.2, 0.25) is 0 Å². The molecule has 0 aliphatic carbocycles. The highest BCUT2D eigenvalue weighted by molar-refractivity contribution is 5.33. The standard InChI is InChI=1S/C12H16N4/c1-8-9(2)15-16(10(8)3)12-6-11(7-13)4-5-14-12/h4-6H,7,13H2,1-3H3. The molecule has 2 aromatic rings. The molecule has 4 heteroatoms. The first kappa shape index (κ1) is 10.8. The zero-order valence-corrected chi connectivity index (χ0v) is 9.86. The van der Waals surface area contributed by atoms with Gasteiger partial charge in [0.2, 0.25) is 0 Å². The van der Waals surface area contributed by atoms with Crippen LogP contribution in [0, 0.1) is 20.8 Å². The average molecular weight is 216 g/mol. The Bertz CT molecular complexity index is 514. The van der Waals surface area contributed by atoms with Gasteiger partial charge in [-0.3, -0.25) is 0 Å². The Morgan fingerprint density at radius 2 is 2.06 bits per heavy atom. The van der Waals surface area contributed by atoms with Gasteiger partial charge in [0.1, 0.15) is 0 Å². The van der Waals surface area contributed by atoms with Crippen molar-refractivity contribution in [1.29, 1.82) is 0 Å². The number of hydrogen-bond acceptors (Lipinski definition) is 3. The second-order valence-electron chi connectivity index (χ2n) is 3.93.